The van der Waals surface area contributed by atoms with Crippen molar-refractivity contribution in [3.8, 4) is 17.2 Å². The number of hydrogen-bond acceptors (Lipinski definition) is 4. The number of rotatable bonds is 1. The quantitative estimate of drug-likeness (QED) is 0.381. The van der Waals surface area contributed by atoms with Crippen molar-refractivity contribution in [1.82, 2.24) is 0 Å². The predicted octanol–water partition coefficient (Wildman–Crippen LogP) is -1.33. The van der Waals surface area contributed by atoms with Crippen LogP contribution in [0.4, 0.5) is 0 Å². The van der Waals surface area contributed by atoms with Crippen LogP contribution < -0.4 is 0 Å². The summed E-state index contributed by atoms with van der Waals surface area (Å²) in [6.07, 6.45) is 0. The van der Waals surface area contributed by atoms with Crippen molar-refractivity contribution in [2.75, 3.05) is 0 Å². The molecular weight excluding hydrogens is 292 g/mol. The SMILES string of the molecule is O=C(O)c1cc(O)c(O)c(O)c1.[CaH2].[SrH2]. The van der Waals surface area contributed by atoms with Crippen molar-refractivity contribution in [3.63, 3.8) is 0 Å². The first kappa shape index (κ1) is 17.2. The van der Waals surface area contributed by atoms with E-state index < -0.39 is 23.2 Å². The van der Waals surface area contributed by atoms with Crippen LogP contribution >= 0.6 is 0 Å². The van der Waals surface area contributed by atoms with E-state index in [-0.39, 0.29) is 88.8 Å². The van der Waals surface area contributed by atoms with Gasteiger partial charge in [0.2, 0.25) is 0 Å². The van der Waals surface area contributed by atoms with Gasteiger partial charge >= 0.3 is 89.2 Å². The van der Waals surface area contributed by atoms with E-state index in [4.69, 9.17) is 20.4 Å². The molecule has 0 radical (unpaired) electrons. The van der Waals surface area contributed by atoms with Crippen molar-refractivity contribution in [2.24, 2.45) is 0 Å². The molecule has 1 aromatic carbocycles. The second-order valence-electron chi connectivity index (χ2n) is 2.17. The molecule has 0 spiro atoms. The summed E-state index contributed by atoms with van der Waals surface area (Å²) in [6, 6.07) is 1.69. The first-order chi connectivity index (χ1) is 5.52. The Balaban J connectivity index is 0. The third-order valence-corrected chi connectivity index (χ3v) is 1.32. The van der Waals surface area contributed by atoms with Gasteiger partial charge in [0.05, 0.1) is 5.56 Å². The molecule has 7 heteroatoms. The van der Waals surface area contributed by atoms with Crippen molar-refractivity contribution in [3.05, 3.63) is 17.7 Å². The average molecular weight is 302 g/mol. The minimum atomic E-state index is -1.29. The van der Waals surface area contributed by atoms with Gasteiger partial charge < -0.3 is 20.4 Å². The van der Waals surface area contributed by atoms with Gasteiger partial charge in [0.25, 0.3) is 0 Å². The Kier molecular flexibility index (Phi) is 8.81. The molecule has 0 aromatic heterocycles. The van der Waals surface area contributed by atoms with E-state index in [9.17, 15) is 4.79 Å². The van der Waals surface area contributed by atoms with E-state index in [1.807, 2.05) is 0 Å². The first-order valence-electron chi connectivity index (χ1n) is 3.00. The second kappa shape index (κ2) is 7.16. The number of carboxylic acid groups (broad SMARTS) is 1. The van der Waals surface area contributed by atoms with Gasteiger partial charge in [-0.05, 0) is 12.1 Å². The van der Waals surface area contributed by atoms with Crippen LogP contribution in [0, 0.1) is 0 Å². The van der Waals surface area contributed by atoms with Gasteiger partial charge in [-0.1, -0.05) is 0 Å². The van der Waals surface area contributed by atoms with Gasteiger partial charge in [-0.2, -0.15) is 0 Å². The second-order valence-corrected chi connectivity index (χ2v) is 2.17. The Morgan fingerprint density at radius 3 is 1.71 bits per heavy atom. The van der Waals surface area contributed by atoms with Gasteiger partial charge in [-0.3, -0.25) is 0 Å². The Morgan fingerprint density at radius 1 is 1.07 bits per heavy atom. The van der Waals surface area contributed by atoms with E-state index in [1.54, 1.807) is 0 Å². The van der Waals surface area contributed by atoms with Crippen molar-refractivity contribution in [2.45, 2.75) is 0 Å². The van der Waals surface area contributed by atoms with E-state index in [0.717, 1.165) is 12.1 Å². The number of phenolic OH excluding ortho intramolecular Hbond substituents is 3. The fourth-order valence-corrected chi connectivity index (χ4v) is 0.728. The van der Waals surface area contributed by atoms with Crippen molar-refractivity contribution < 1.29 is 25.2 Å². The third kappa shape index (κ3) is 4.14. The average Bonchev–Trinajstić information content (AvgIpc) is 1.99. The maximum absolute atomic E-state index is 10.3. The molecule has 0 aliphatic carbocycles. The summed E-state index contributed by atoms with van der Waals surface area (Å²) >= 11 is 0. The van der Waals surface area contributed by atoms with Crippen LogP contribution in [0.5, 0.6) is 17.2 Å². The summed E-state index contributed by atoms with van der Waals surface area (Å²) in [5.74, 6) is -3.33. The van der Waals surface area contributed by atoms with E-state index in [0.29, 0.717) is 0 Å². The molecule has 0 aliphatic rings. The van der Waals surface area contributed by atoms with Crippen LogP contribution in [0.15, 0.2) is 12.1 Å². The van der Waals surface area contributed by atoms with Crippen LogP contribution in [-0.2, 0) is 0 Å². The standard InChI is InChI=1S/C7H6O5.Ca.Sr.4H/c8-4-1-3(7(11)12)2-5(9)6(4)10;;;;;;/h1-2,8-10H,(H,11,12);;;;;;. The molecule has 1 rings (SSSR count). The van der Waals surface area contributed by atoms with E-state index in [2.05, 4.69) is 0 Å². The molecule has 0 saturated heterocycles. The first-order valence-corrected chi connectivity index (χ1v) is 3.00. The van der Waals surface area contributed by atoms with Gasteiger partial charge in [-0.25, -0.2) is 4.79 Å². The Labute approximate surface area is 147 Å². The number of carboxylic acids is 1. The zero-order valence-electron chi connectivity index (χ0n) is 5.85. The molecule has 0 atom stereocenters. The van der Waals surface area contributed by atoms with E-state index in [1.165, 1.54) is 0 Å². The van der Waals surface area contributed by atoms with Gasteiger partial charge in [0.1, 0.15) is 0 Å². The molecule has 0 aliphatic heterocycles. The summed E-state index contributed by atoms with van der Waals surface area (Å²) in [5.41, 5.74) is -0.289. The third-order valence-electron chi connectivity index (χ3n) is 1.32. The molecule has 5 nitrogen and oxygen atoms in total. The Morgan fingerprint density at radius 2 is 1.43 bits per heavy atom. The number of aromatic carboxylic acids is 1. The summed E-state index contributed by atoms with van der Waals surface area (Å²) in [6.45, 7) is 0. The maximum atomic E-state index is 10.3. The summed E-state index contributed by atoms with van der Waals surface area (Å²) in [5, 5.41) is 35.0. The van der Waals surface area contributed by atoms with Crippen molar-refractivity contribution >= 4 is 89.2 Å². The summed E-state index contributed by atoms with van der Waals surface area (Å²) in [7, 11) is 0. The van der Waals surface area contributed by atoms with Crippen LogP contribution in [0.3, 0.4) is 0 Å². The number of carbonyl (C=O) groups is 1. The minimum absolute atomic E-state index is 0. The Bertz CT molecular complexity index is 318. The molecule has 0 unspecified atom stereocenters. The molecular formula is C7H10CaO5Sr. The van der Waals surface area contributed by atoms with Crippen LogP contribution in [0.25, 0.3) is 0 Å². The molecule has 14 heavy (non-hydrogen) atoms. The zero-order valence-corrected chi connectivity index (χ0v) is 5.85. The normalized spacial score (nSPS) is 8.29. The van der Waals surface area contributed by atoms with Gasteiger partial charge in [-0.15, -0.1) is 0 Å². The zero-order chi connectivity index (χ0) is 9.30. The summed E-state index contributed by atoms with van der Waals surface area (Å²) < 4.78 is 0. The molecule has 0 fully saturated rings. The van der Waals surface area contributed by atoms with E-state index >= 15 is 0 Å². The number of benzene rings is 1. The van der Waals surface area contributed by atoms with Gasteiger partial charge in [0.15, 0.2) is 17.2 Å². The molecule has 0 heterocycles. The molecule has 0 bridgehead atoms. The summed E-state index contributed by atoms with van der Waals surface area (Å²) in [4.78, 5) is 10.3. The number of phenols is 3. The van der Waals surface area contributed by atoms with Crippen LogP contribution in [0.2, 0.25) is 0 Å². The van der Waals surface area contributed by atoms with Crippen LogP contribution in [-0.4, -0.2) is 110 Å². The molecule has 0 amide bonds. The molecule has 72 valence electrons. The predicted molar refractivity (Wildman–Crippen MR) is 55.5 cm³/mol. The Hall–Kier alpha value is 0.830. The fourth-order valence-electron chi connectivity index (χ4n) is 0.728. The molecule has 4 N–H and O–H groups in total. The number of hydrogen-bond donors (Lipinski definition) is 4. The number of aromatic hydroxyl groups is 3. The molecule has 0 saturated carbocycles. The topological polar surface area (TPSA) is 98.0 Å². The van der Waals surface area contributed by atoms with Crippen LogP contribution in [0.1, 0.15) is 10.4 Å². The van der Waals surface area contributed by atoms with Gasteiger partial charge in [0, 0.05) is 0 Å². The molecule has 1 aromatic rings. The van der Waals surface area contributed by atoms with Crippen molar-refractivity contribution in [1.29, 1.82) is 0 Å². The monoisotopic (exact) mass is 302 g/mol. The fraction of sp³-hybridized carbons (Fsp3) is 0.